The Hall–Kier alpha value is -3.74. The number of alkyl halides is 2. The van der Waals surface area contributed by atoms with Gasteiger partial charge in [-0.15, -0.1) is 0 Å². The van der Waals surface area contributed by atoms with Gasteiger partial charge in [-0.3, -0.25) is 0 Å². The number of para-hydroxylation sites is 1. The van der Waals surface area contributed by atoms with Gasteiger partial charge in [-0.1, -0.05) is 49.1 Å². The summed E-state index contributed by atoms with van der Waals surface area (Å²) >= 11 is 0. The number of anilines is 1. The summed E-state index contributed by atoms with van der Waals surface area (Å²) < 4.78 is 28.1. The Morgan fingerprint density at radius 3 is 2.58 bits per heavy atom. The van der Waals surface area contributed by atoms with Crippen LogP contribution in [-0.4, -0.2) is 45.9 Å². The molecule has 1 N–H and O–H groups in total. The van der Waals surface area contributed by atoms with Crippen molar-refractivity contribution in [3.8, 4) is 0 Å². The maximum atomic E-state index is 14.0. The zero-order valence-electron chi connectivity index (χ0n) is 21.1. The molecule has 4 rings (SSSR count). The molecule has 0 saturated carbocycles. The van der Waals surface area contributed by atoms with E-state index < -0.39 is 5.92 Å². The number of rotatable bonds is 8. The summed E-state index contributed by atoms with van der Waals surface area (Å²) in [5, 5.41) is 3.87. The molecule has 2 heterocycles. The number of allylic oxidation sites excluding steroid dienone is 9. The lowest BCUT2D eigenvalue weighted by Gasteiger charge is -2.36. The molecule has 1 aliphatic heterocycles. The van der Waals surface area contributed by atoms with Crippen LogP contribution in [-0.2, 0) is 5.92 Å². The van der Waals surface area contributed by atoms with Crippen LogP contribution in [0, 0.1) is 0 Å². The van der Waals surface area contributed by atoms with Gasteiger partial charge in [0.05, 0.1) is 5.52 Å². The van der Waals surface area contributed by atoms with E-state index in [1.807, 2.05) is 19.1 Å². The van der Waals surface area contributed by atoms with E-state index in [2.05, 4.69) is 63.0 Å². The molecule has 1 aliphatic carbocycles. The summed E-state index contributed by atoms with van der Waals surface area (Å²) in [6.07, 6.45) is 16.7. The molecule has 1 fully saturated rings. The third-order valence-corrected chi connectivity index (χ3v) is 6.50. The van der Waals surface area contributed by atoms with Crippen LogP contribution in [0.2, 0.25) is 0 Å². The monoisotopic (exact) mass is 489 g/mol. The Labute approximate surface area is 211 Å². The number of nitrogens with one attached hydrogen (secondary N) is 1. The van der Waals surface area contributed by atoms with Crippen molar-refractivity contribution in [3.63, 3.8) is 0 Å². The molecule has 1 aromatic heterocycles. The summed E-state index contributed by atoms with van der Waals surface area (Å²) in [6.45, 7) is 12.4. The first-order valence-corrected chi connectivity index (χ1v) is 12.2. The molecule has 0 radical (unpaired) electrons. The average Bonchev–Trinajstić information content (AvgIpc) is 3.34. The molecule has 7 heteroatoms. The highest BCUT2D eigenvalue weighted by atomic mass is 19.3. The largest absolute Gasteiger partial charge is 0.372 e. The Balaban J connectivity index is 1.35. The first kappa shape index (κ1) is 25.4. The lowest BCUT2D eigenvalue weighted by atomic mass is 10.1. The number of hydrogen-bond donors (Lipinski definition) is 1. The highest BCUT2D eigenvalue weighted by Crippen LogP contribution is 2.34. The van der Waals surface area contributed by atoms with E-state index in [4.69, 9.17) is 0 Å². The molecule has 5 nitrogen and oxygen atoms in total. The first-order chi connectivity index (χ1) is 17.3. The molecule has 0 spiro atoms. The zero-order chi connectivity index (χ0) is 25.7. The van der Waals surface area contributed by atoms with Crippen LogP contribution in [0.1, 0.15) is 32.8 Å². The van der Waals surface area contributed by atoms with E-state index in [1.165, 1.54) is 29.2 Å². The van der Waals surface area contributed by atoms with Gasteiger partial charge in [0.15, 0.2) is 0 Å². The van der Waals surface area contributed by atoms with Gasteiger partial charge < -0.3 is 15.1 Å². The van der Waals surface area contributed by atoms with E-state index in [-0.39, 0.29) is 11.1 Å². The molecule has 1 saturated heterocycles. The average molecular weight is 490 g/mol. The maximum absolute atomic E-state index is 14.0. The summed E-state index contributed by atoms with van der Waals surface area (Å²) in [4.78, 5) is 13.2. The van der Waals surface area contributed by atoms with Gasteiger partial charge >= 0.3 is 0 Å². The second kappa shape index (κ2) is 10.9. The number of aromatic nitrogens is 2. The fraction of sp³-hybridized carbons (Fsp3) is 0.310. The Bertz CT molecular complexity index is 1270. The topological polar surface area (TPSA) is 44.3 Å². The van der Waals surface area contributed by atoms with Crippen molar-refractivity contribution >= 4 is 16.7 Å². The van der Waals surface area contributed by atoms with Crippen molar-refractivity contribution in [1.29, 1.82) is 0 Å². The van der Waals surface area contributed by atoms with Gasteiger partial charge in [-0.05, 0) is 37.1 Å². The fourth-order valence-corrected chi connectivity index (χ4v) is 4.56. The molecule has 0 bridgehead atoms. The fourth-order valence-electron chi connectivity index (χ4n) is 4.56. The van der Waals surface area contributed by atoms with Crippen LogP contribution in [0.3, 0.4) is 0 Å². The number of benzene rings is 1. The third kappa shape index (κ3) is 5.90. The van der Waals surface area contributed by atoms with Gasteiger partial charge in [0, 0.05) is 68.1 Å². The Morgan fingerprint density at radius 2 is 1.86 bits per heavy atom. The van der Waals surface area contributed by atoms with E-state index in [0.717, 1.165) is 45.2 Å². The summed E-state index contributed by atoms with van der Waals surface area (Å²) in [6, 6.07) is 4.80. The van der Waals surface area contributed by atoms with Gasteiger partial charge in [0.25, 0.3) is 5.92 Å². The first-order valence-electron chi connectivity index (χ1n) is 12.2. The van der Waals surface area contributed by atoms with Crippen LogP contribution in [0.5, 0.6) is 0 Å². The SMILES string of the molecule is C=C/C=C\C=C(/C)C1=CC=C(N2CCN(/C=C(\C)Nc3ncnc4c(C(C)(F)F)cccc34)CC2)C1. The van der Waals surface area contributed by atoms with Crippen molar-refractivity contribution in [3.05, 3.63) is 102 Å². The second-order valence-electron chi connectivity index (χ2n) is 9.27. The van der Waals surface area contributed by atoms with Crippen LogP contribution >= 0.6 is 0 Å². The van der Waals surface area contributed by atoms with E-state index in [9.17, 15) is 8.78 Å². The smallest absolute Gasteiger partial charge is 0.272 e. The molecule has 1 aromatic carbocycles. The van der Waals surface area contributed by atoms with Crippen LogP contribution in [0.15, 0.2) is 96.3 Å². The van der Waals surface area contributed by atoms with Crippen molar-refractivity contribution in [1.82, 2.24) is 19.8 Å². The zero-order valence-corrected chi connectivity index (χ0v) is 21.1. The predicted molar refractivity (Wildman–Crippen MR) is 144 cm³/mol. The van der Waals surface area contributed by atoms with Crippen LogP contribution < -0.4 is 5.32 Å². The second-order valence-corrected chi connectivity index (χ2v) is 9.27. The van der Waals surface area contributed by atoms with Crippen molar-refractivity contribution in [2.75, 3.05) is 31.5 Å². The number of piperazine rings is 1. The molecule has 36 heavy (non-hydrogen) atoms. The van der Waals surface area contributed by atoms with Crippen LogP contribution in [0.25, 0.3) is 10.9 Å². The molecule has 0 atom stereocenters. The van der Waals surface area contributed by atoms with Crippen molar-refractivity contribution in [2.24, 2.45) is 0 Å². The summed E-state index contributed by atoms with van der Waals surface area (Å²) in [5.74, 6) is -2.45. The van der Waals surface area contributed by atoms with Crippen molar-refractivity contribution < 1.29 is 8.78 Å². The van der Waals surface area contributed by atoms with Gasteiger partial charge in [-0.25, -0.2) is 18.7 Å². The number of fused-ring (bicyclic) bond motifs is 1. The molecule has 188 valence electrons. The van der Waals surface area contributed by atoms with Gasteiger partial charge in [0.1, 0.15) is 12.1 Å². The minimum absolute atomic E-state index is 0.0963. The summed E-state index contributed by atoms with van der Waals surface area (Å²) in [7, 11) is 0. The minimum Gasteiger partial charge on any atom is -0.372 e. The number of nitrogens with zero attached hydrogens (tertiary/aromatic N) is 4. The van der Waals surface area contributed by atoms with Gasteiger partial charge in [-0.2, -0.15) is 0 Å². The van der Waals surface area contributed by atoms with Crippen LogP contribution in [0.4, 0.5) is 14.6 Å². The third-order valence-electron chi connectivity index (χ3n) is 6.50. The number of halogens is 2. The predicted octanol–water partition coefficient (Wildman–Crippen LogP) is 6.53. The quantitative estimate of drug-likeness (QED) is 0.427. The molecule has 0 amide bonds. The van der Waals surface area contributed by atoms with Gasteiger partial charge in [0.2, 0.25) is 0 Å². The van der Waals surface area contributed by atoms with E-state index >= 15 is 0 Å². The summed E-state index contributed by atoms with van der Waals surface area (Å²) in [5.41, 5.74) is 5.05. The molecule has 2 aromatic rings. The highest BCUT2D eigenvalue weighted by Gasteiger charge is 2.28. The lowest BCUT2D eigenvalue weighted by molar-refractivity contribution is 0.0189. The van der Waals surface area contributed by atoms with Crippen molar-refractivity contribution in [2.45, 2.75) is 33.1 Å². The number of hydrogen-bond acceptors (Lipinski definition) is 5. The van der Waals surface area contributed by atoms with E-state index in [1.54, 1.807) is 18.2 Å². The molecule has 2 aliphatic rings. The Kier molecular flexibility index (Phi) is 7.67. The Morgan fingerprint density at radius 1 is 1.08 bits per heavy atom. The normalized spacial score (nSPS) is 17.6. The highest BCUT2D eigenvalue weighted by molar-refractivity contribution is 5.91. The maximum Gasteiger partial charge on any atom is 0.272 e. The molecular weight excluding hydrogens is 456 g/mol. The molecule has 0 unspecified atom stereocenters. The van der Waals surface area contributed by atoms with E-state index in [0.29, 0.717) is 11.2 Å². The minimum atomic E-state index is -2.97. The standard InChI is InChI=1S/C29H33F2N5/c1-5-6-7-9-21(2)23-12-13-24(18-23)36-16-14-35(15-17-36)19-22(3)34-28-25-10-8-11-26(29(4,30)31)27(25)32-20-33-28/h5-13,19-20H,1,14-18H2,2-4H3,(H,32,33,34)/b7-6-,21-9+,22-19+. The lowest BCUT2D eigenvalue weighted by Crippen LogP contribution is -2.43. The molecular formula is C29H33F2N5.